The molecule has 1 N–H and O–H groups in total. The molecule has 2 heterocycles. The van der Waals surface area contributed by atoms with Gasteiger partial charge in [-0.25, -0.2) is 4.39 Å². The van der Waals surface area contributed by atoms with Crippen molar-refractivity contribution in [3.05, 3.63) is 17.9 Å². The lowest BCUT2D eigenvalue weighted by atomic mass is 10.1. The Balaban J connectivity index is 2.07. The number of benzene rings is 1. The minimum absolute atomic E-state index is 0.139. The van der Waals surface area contributed by atoms with Crippen molar-refractivity contribution < 1.29 is 18.1 Å². The van der Waals surface area contributed by atoms with Crippen molar-refractivity contribution in [3.63, 3.8) is 0 Å². The summed E-state index contributed by atoms with van der Waals surface area (Å²) in [5.74, 6) is 0.222. The summed E-state index contributed by atoms with van der Waals surface area (Å²) in [6.45, 7) is 0.520. The molecule has 2 atom stereocenters. The fraction of sp³-hybridized carbons (Fsp3) is 0.417. The van der Waals surface area contributed by atoms with Gasteiger partial charge in [-0.1, -0.05) is 0 Å². The van der Waals surface area contributed by atoms with E-state index >= 15 is 0 Å². The van der Waals surface area contributed by atoms with E-state index in [4.69, 9.17) is 4.74 Å². The summed E-state index contributed by atoms with van der Waals surface area (Å²) in [6.07, 6.45) is 0. The number of halogens is 1. The molecule has 1 fully saturated rings. The van der Waals surface area contributed by atoms with Crippen LogP contribution < -0.4 is 15.0 Å². The van der Waals surface area contributed by atoms with E-state index in [9.17, 15) is 13.4 Å². The Morgan fingerprint density at radius 2 is 2.32 bits per heavy atom. The molecule has 0 spiro atoms. The van der Waals surface area contributed by atoms with E-state index in [2.05, 4.69) is 5.32 Å². The Kier molecular flexibility index (Phi) is 2.93. The van der Waals surface area contributed by atoms with Crippen molar-refractivity contribution in [2.75, 3.05) is 35.4 Å². The molecule has 1 aromatic rings. The summed E-state index contributed by atoms with van der Waals surface area (Å²) in [7, 11) is 0.422. The molecule has 0 saturated carbocycles. The van der Waals surface area contributed by atoms with Gasteiger partial charge in [0.05, 0.1) is 24.2 Å². The standard InChI is InChI=1S/C12H13FN2O3S/c1-18-11-5-9-8(4-7(11)13)14-12(16)10-6-19(17)3-2-15(9)10/h4-5,10H,2-3,6H2,1H3,(H,14,16). The van der Waals surface area contributed by atoms with Gasteiger partial charge in [0.15, 0.2) is 11.6 Å². The molecule has 1 saturated heterocycles. The average molecular weight is 284 g/mol. The van der Waals surface area contributed by atoms with Crippen LogP contribution in [0.5, 0.6) is 5.75 Å². The number of nitrogens with one attached hydrogen (secondary N) is 1. The number of methoxy groups -OCH3 is 1. The first-order valence-electron chi connectivity index (χ1n) is 5.90. The number of amides is 1. The SMILES string of the molecule is COc1cc2c(cc1F)NC(=O)C1CS(=O)CCN21. The van der Waals surface area contributed by atoms with Crippen molar-refractivity contribution in [2.45, 2.75) is 6.04 Å². The first kappa shape index (κ1) is 12.4. The molecule has 2 aliphatic heterocycles. The summed E-state index contributed by atoms with van der Waals surface area (Å²) >= 11 is 0. The summed E-state index contributed by atoms with van der Waals surface area (Å²) < 4.78 is 30.2. The minimum Gasteiger partial charge on any atom is -0.494 e. The van der Waals surface area contributed by atoms with Crippen molar-refractivity contribution in [2.24, 2.45) is 0 Å². The predicted octanol–water partition coefficient (Wildman–Crippen LogP) is 0.724. The van der Waals surface area contributed by atoms with Crippen LogP contribution in [0.4, 0.5) is 15.8 Å². The zero-order valence-electron chi connectivity index (χ0n) is 10.3. The molecule has 1 aromatic carbocycles. The Hall–Kier alpha value is -1.63. The Morgan fingerprint density at radius 1 is 1.53 bits per heavy atom. The molecule has 102 valence electrons. The van der Waals surface area contributed by atoms with Crippen LogP contribution in [0.1, 0.15) is 0 Å². The number of anilines is 2. The van der Waals surface area contributed by atoms with E-state index in [-0.39, 0.29) is 11.7 Å². The first-order chi connectivity index (χ1) is 9.10. The number of rotatable bonds is 1. The van der Waals surface area contributed by atoms with E-state index < -0.39 is 22.7 Å². The number of fused-ring (bicyclic) bond motifs is 3. The summed E-state index contributed by atoms with van der Waals surface area (Å²) in [5, 5.41) is 2.66. The van der Waals surface area contributed by atoms with Gasteiger partial charge in [-0.05, 0) is 0 Å². The van der Waals surface area contributed by atoms with Crippen LogP contribution in [-0.2, 0) is 15.6 Å². The molecule has 3 rings (SSSR count). The third-order valence-corrected chi connectivity index (χ3v) is 4.75. The average Bonchev–Trinajstić information content (AvgIpc) is 2.38. The molecule has 1 amide bonds. The van der Waals surface area contributed by atoms with Crippen LogP contribution >= 0.6 is 0 Å². The van der Waals surface area contributed by atoms with Gasteiger partial charge in [-0.3, -0.25) is 9.00 Å². The zero-order chi connectivity index (χ0) is 13.6. The molecular weight excluding hydrogens is 271 g/mol. The van der Waals surface area contributed by atoms with E-state index in [1.54, 1.807) is 6.07 Å². The minimum atomic E-state index is -0.975. The molecule has 0 aromatic heterocycles. The second kappa shape index (κ2) is 4.48. The monoisotopic (exact) mass is 284 g/mol. The summed E-state index contributed by atoms with van der Waals surface area (Å²) in [4.78, 5) is 13.8. The lowest BCUT2D eigenvalue weighted by molar-refractivity contribution is -0.117. The molecule has 2 unspecified atom stereocenters. The topological polar surface area (TPSA) is 58.6 Å². The molecule has 5 nitrogen and oxygen atoms in total. The number of ether oxygens (including phenoxy) is 1. The normalized spacial score (nSPS) is 25.4. The van der Waals surface area contributed by atoms with Crippen LogP contribution in [0.15, 0.2) is 12.1 Å². The van der Waals surface area contributed by atoms with Crippen LogP contribution in [0, 0.1) is 5.82 Å². The highest BCUT2D eigenvalue weighted by Gasteiger charge is 2.37. The summed E-state index contributed by atoms with van der Waals surface area (Å²) in [5.41, 5.74) is 1.16. The molecule has 7 heteroatoms. The first-order valence-corrected chi connectivity index (χ1v) is 7.39. The van der Waals surface area contributed by atoms with Crippen molar-refractivity contribution in [3.8, 4) is 5.75 Å². The van der Waals surface area contributed by atoms with Crippen molar-refractivity contribution in [1.82, 2.24) is 0 Å². The van der Waals surface area contributed by atoms with E-state index in [0.717, 1.165) is 5.69 Å². The van der Waals surface area contributed by atoms with Gasteiger partial charge in [0, 0.05) is 35.2 Å². The lowest BCUT2D eigenvalue weighted by Crippen LogP contribution is -2.55. The maximum Gasteiger partial charge on any atom is 0.248 e. The second-order valence-corrected chi connectivity index (χ2v) is 6.13. The van der Waals surface area contributed by atoms with Gasteiger partial charge in [-0.15, -0.1) is 0 Å². The van der Waals surface area contributed by atoms with E-state index in [1.807, 2.05) is 4.90 Å². The molecule has 0 bridgehead atoms. The van der Waals surface area contributed by atoms with Crippen LogP contribution in [0.2, 0.25) is 0 Å². The zero-order valence-corrected chi connectivity index (χ0v) is 11.1. The quantitative estimate of drug-likeness (QED) is 0.826. The van der Waals surface area contributed by atoms with E-state index in [1.165, 1.54) is 13.2 Å². The van der Waals surface area contributed by atoms with Gasteiger partial charge in [0.25, 0.3) is 0 Å². The highest BCUT2D eigenvalue weighted by Crippen LogP contribution is 2.37. The smallest absolute Gasteiger partial charge is 0.248 e. The number of carbonyl (C=O) groups is 1. The van der Waals surface area contributed by atoms with Gasteiger partial charge >= 0.3 is 0 Å². The van der Waals surface area contributed by atoms with Crippen molar-refractivity contribution >= 4 is 28.1 Å². The largest absolute Gasteiger partial charge is 0.494 e. The Morgan fingerprint density at radius 3 is 3.05 bits per heavy atom. The molecule has 2 aliphatic rings. The van der Waals surface area contributed by atoms with Crippen LogP contribution in [-0.4, -0.2) is 41.3 Å². The van der Waals surface area contributed by atoms with E-state index in [0.29, 0.717) is 23.7 Å². The van der Waals surface area contributed by atoms with Gasteiger partial charge in [0.2, 0.25) is 5.91 Å². The van der Waals surface area contributed by atoms with Crippen LogP contribution in [0.3, 0.4) is 0 Å². The highest BCUT2D eigenvalue weighted by atomic mass is 32.2. The molecule has 19 heavy (non-hydrogen) atoms. The number of carbonyl (C=O) groups excluding carboxylic acids is 1. The highest BCUT2D eigenvalue weighted by molar-refractivity contribution is 7.85. The third kappa shape index (κ3) is 1.98. The maximum atomic E-state index is 13.6. The van der Waals surface area contributed by atoms with Gasteiger partial charge < -0.3 is 15.0 Å². The number of hydrogen-bond donors (Lipinski definition) is 1. The third-order valence-electron chi connectivity index (χ3n) is 3.42. The Labute approximate surface area is 112 Å². The second-order valence-electron chi connectivity index (χ2n) is 4.51. The van der Waals surface area contributed by atoms with Crippen LogP contribution in [0.25, 0.3) is 0 Å². The fourth-order valence-electron chi connectivity index (χ4n) is 2.46. The Bertz CT molecular complexity index is 578. The lowest BCUT2D eigenvalue weighted by Gasteiger charge is -2.40. The molecule has 0 radical (unpaired) electrons. The number of hydrogen-bond acceptors (Lipinski definition) is 4. The fourth-order valence-corrected chi connectivity index (χ4v) is 3.71. The summed E-state index contributed by atoms with van der Waals surface area (Å²) in [6, 6.07) is 2.39. The van der Waals surface area contributed by atoms with Gasteiger partial charge in [-0.2, -0.15) is 0 Å². The van der Waals surface area contributed by atoms with Crippen molar-refractivity contribution in [1.29, 1.82) is 0 Å². The number of nitrogens with zero attached hydrogens (tertiary/aromatic N) is 1. The maximum absolute atomic E-state index is 13.6. The van der Waals surface area contributed by atoms with Gasteiger partial charge in [0.1, 0.15) is 6.04 Å². The molecular formula is C12H13FN2O3S. The predicted molar refractivity (Wildman–Crippen MR) is 70.6 cm³/mol. The molecule has 0 aliphatic carbocycles.